The summed E-state index contributed by atoms with van der Waals surface area (Å²) in [5.74, 6) is 0.142. The minimum Gasteiger partial charge on any atom is -0.493 e. The summed E-state index contributed by atoms with van der Waals surface area (Å²) in [7, 11) is 5.63. The van der Waals surface area contributed by atoms with Crippen molar-refractivity contribution in [3.8, 4) is 17.2 Å². The highest BCUT2D eigenvalue weighted by Crippen LogP contribution is 2.40. The molecule has 32 heavy (non-hydrogen) atoms. The molecular weight excluding hydrogens is 420 g/mol. The summed E-state index contributed by atoms with van der Waals surface area (Å²) in [6, 6.07) is 6.97. The van der Waals surface area contributed by atoms with Crippen LogP contribution in [0.1, 0.15) is 33.9 Å². The number of nitrogens with zero attached hydrogens (tertiary/aromatic N) is 2. The highest BCUT2D eigenvalue weighted by atomic mass is 16.6. The Labute approximate surface area is 184 Å². The Morgan fingerprint density at radius 3 is 2.28 bits per heavy atom. The summed E-state index contributed by atoms with van der Waals surface area (Å²) in [5, 5.41) is 11.4. The van der Waals surface area contributed by atoms with E-state index < -0.39 is 22.8 Å². The molecule has 0 radical (unpaired) electrons. The maximum absolute atomic E-state index is 13.4. The second-order valence-corrected chi connectivity index (χ2v) is 7.09. The lowest BCUT2D eigenvalue weighted by Crippen LogP contribution is -2.41. The van der Waals surface area contributed by atoms with Crippen molar-refractivity contribution in [3.05, 3.63) is 57.1 Å². The van der Waals surface area contributed by atoms with Crippen LogP contribution < -0.4 is 14.2 Å². The first kappa shape index (κ1) is 22.9. The Bertz CT molecular complexity index is 1050. The number of hydrogen-bond donors (Lipinski definition) is 0. The van der Waals surface area contributed by atoms with Gasteiger partial charge in [0.25, 0.3) is 5.91 Å². The molecule has 3 rings (SSSR count). The average molecular weight is 444 g/mol. The molecule has 1 amide bonds. The Hall–Kier alpha value is -3.82. The Morgan fingerprint density at radius 2 is 1.69 bits per heavy atom. The maximum Gasteiger partial charge on any atom is 0.311 e. The Kier molecular flexibility index (Phi) is 6.82. The largest absolute Gasteiger partial charge is 0.493 e. The van der Waals surface area contributed by atoms with Crippen molar-refractivity contribution >= 4 is 17.6 Å². The van der Waals surface area contributed by atoms with E-state index in [0.29, 0.717) is 24.5 Å². The zero-order valence-corrected chi connectivity index (χ0v) is 18.2. The van der Waals surface area contributed by atoms with Gasteiger partial charge in [-0.15, -0.1) is 0 Å². The molecule has 1 aliphatic rings. The monoisotopic (exact) mass is 444 g/mol. The van der Waals surface area contributed by atoms with Gasteiger partial charge >= 0.3 is 11.7 Å². The molecule has 1 unspecified atom stereocenters. The standard InChI is InChI=1S/C22H24N2O8/c1-29-18-6-5-14(9-17(18)24(27)28)22(26)23-8-7-13-10-19(30-2)20(31-3)11-15(13)16(23)12-21(25)32-4/h5-6,9-11,16H,7-8,12H2,1-4H3. The molecule has 2 aromatic carbocycles. The van der Waals surface area contributed by atoms with Gasteiger partial charge in [0.1, 0.15) is 0 Å². The van der Waals surface area contributed by atoms with E-state index in [1.807, 2.05) is 6.07 Å². The third-order valence-corrected chi connectivity index (χ3v) is 5.47. The van der Waals surface area contributed by atoms with Gasteiger partial charge in [0.15, 0.2) is 17.2 Å². The Morgan fingerprint density at radius 1 is 1.03 bits per heavy atom. The van der Waals surface area contributed by atoms with E-state index in [4.69, 9.17) is 18.9 Å². The van der Waals surface area contributed by atoms with Crippen molar-refractivity contribution in [1.29, 1.82) is 0 Å². The number of ether oxygens (including phenoxy) is 4. The third-order valence-electron chi connectivity index (χ3n) is 5.47. The number of rotatable bonds is 7. The number of nitro groups is 1. The minimum atomic E-state index is -0.639. The van der Waals surface area contributed by atoms with Crippen molar-refractivity contribution in [2.75, 3.05) is 35.0 Å². The van der Waals surface area contributed by atoms with Crippen LogP contribution in [-0.4, -0.2) is 56.7 Å². The molecule has 0 spiro atoms. The second kappa shape index (κ2) is 9.54. The van der Waals surface area contributed by atoms with Crippen molar-refractivity contribution in [2.24, 2.45) is 0 Å². The number of nitro benzene ring substituents is 1. The van der Waals surface area contributed by atoms with E-state index in [9.17, 15) is 19.7 Å². The maximum atomic E-state index is 13.4. The third kappa shape index (κ3) is 4.29. The van der Waals surface area contributed by atoms with E-state index in [-0.39, 0.29) is 23.4 Å². The Balaban J connectivity index is 2.06. The topological polar surface area (TPSA) is 117 Å². The van der Waals surface area contributed by atoms with Gasteiger partial charge in [0.05, 0.1) is 45.8 Å². The van der Waals surface area contributed by atoms with Crippen LogP contribution in [0, 0.1) is 10.1 Å². The normalized spacial score (nSPS) is 14.9. The van der Waals surface area contributed by atoms with Crippen molar-refractivity contribution in [2.45, 2.75) is 18.9 Å². The molecule has 10 heteroatoms. The van der Waals surface area contributed by atoms with E-state index in [1.165, 1.54) is 51.5 Å². The fraction of sp³-hybridized carbons (Fsp3) is 0.364. The van der Waals surface area contributed by atoms with E-state index in [2.05, 4.69) is 0 Å². The van der Waals surface area contributed by atoms with Gasteiger partial charge in [0.2, 0.25) is 0 Å². The van der Waals surface area contributed by atoms with Gasteiger partial charge < -0.3 is 23.8 Å². The molecule has 0 saturated carbocycles. The van der Waals surface area contributed by atoms with Gasteiger partial charge in [-0.3, -0.25) is 19.7 Å². The van der Waals surface area contributed by atoms with Crippen LogP contribution in [-0.2, 0) is 16.0 Å². The number of fused-ring (bicyclic) bond motifs is 1. The predicted molar refractivity (Wildman–Crippen MR) is 113 cm³/mol. The summed E-state index contributed by atoms with van der Waals surface area (Å²) in [6.07, 6.45) is 0.431. The summed E-state index contributed by atoms with van der Waals surface area (Å²) in [4.78, 5) is 37.9. The molecule has 0 aliphatic carbocycles. The molecule has 1 atom stereocenters. The van der Waals surface area contributed by atoms with Crippen LogP contribution in [0.2, 0.25) is 0 Å². The molecule has 0 saturated heterocycles. The molecule has 0 fully saturated rings. The van der Waals surface area contributed by atoms with E-state index in [0.717, 1.165) is 11.1 Å². The average Bonchev–Trinajstić information content (AvgIpc) is 2.82. The number of esters is 1. The zero-order chi connectivity index (χ0) is 23.4. The molecule has 0 N–H and O–H groups in total. The van der Waals surface area contributed by atoms with Crippen LogP contribution in [0.15, 0.2) is 30.3 Å². The van der Waals surface area contributed by atoms with Crippen LogP contribution >= 0.6 is 0 Å². The fourth-order valence-corrected chi connectivity index (χ4v) is 3.86. The molecule has 2 aromatic rings. The molecular formula is C22H24N2O8. The number of carbonyl (C=O) groups excluding carboxylic acids is 2. The van der Waals surface area contributed by atoms with Crippen molar-refractivity contribution < 1.29 is 33.5 Å². The smallest absolute Gasteiger partial charge is 0.311 e. The fourth-order valence-electron chi connectivity index (χ4n) is 3.86. The summed E-state index contributed by atoms with van der Waals surface area (Å²) >= 11 is 0. The molecule has 10 nitrogen and oxygen atoms in total. The molecule has 170 valence electrons. The molecule has 1 heterocycles. The predicted octanol–water partition coefficient (Wildman–Crippen LogP) is 2.92. The minimum absolute atomic E-state index is 0.0541. The highest BCUT2D eigenvalue weighted by Gasteiger charge is 2.35. The lowest BCUT2D eigenvalue weighted by molar-refractivity contribution is -0.385. The highest BCUT2D eigenvalue weighted by molar-refractivity contribution is 5.96. The lowest BCUT2D eigenvalue weighted by atomic mass is 9.89. The molecule has 1 aliphatic heterocycles. The number of methoxy groups -OCH3 is 4. The van der Waals surface area contributed by atoms with Crippen LogP contribution in [0.25, 0.3) is 0 Å². The van der Waals surface area contributed by atoms with Crippen molar-refractivity contribution in [1.82, 2.24) is 4.90 Å². The lowest BCUT2D eigenvalue weighted by Gasteiger charge is -2.37. The SMILES string of the molecule is COC(=O)CC1c2cc(OC)c(OC)cc2CCN1C(=O)c1ccc(OC)c([N+](=O)[O-])c1. The second-order valence-electron chi connectivity index (χ2n) is 7.09. The van der Waals surface area contributed by atoms with Gasteiger partial charge in [-0.25, -0.2) is 0 Å². The van der Waals surface area contributed by atoms with Crippen LogP contribution in [0.4, 0.5) is 5.69 Å². The zero-order valence-electron chi connectivity index (χ0n) is 18.2. The van der Waals surface area contributed by atoms with Gasteiger partial charge in [0, 0.05) is 18.2 Å². The number of benzene rings is 2. The van der Waals surface area contributed by atoms with Crippen molar-refractivity contribution in [3.63, 3.8) is 0 Å². The number of hydrogen-bond acceptors (Lipinski definition) is 8. The number of carbonyl (C=O) groups is 2. The first-order chi connectivity index (χ1) is 15.3. The summed E-state index contributed by atoms with van der Waals surface area (Å²) < 4.78 is 20.6. The van der Waals surface area contributed by atoms with Gasteiger partial charge in [-0.1, -0.05) is 0 Å². The van der Waals surface area contributed by atoms with Crippen LogP contribution in [0.3, 0.4) is 0 Å². The number of amides is 1. The summed E-state index contributed by atoms with van der Waals surface area (Å²) in [5.41, 5.74) is 1.46. The van der Waals surface area contributed by atoms with Gasteiger partial charge in [-0.05, 0) is 41.8 Å². The van der Waals surface area contributed by atoms with Crippen LogP contribution in [0.5, 0.6) is 17.2 Å². The molecule has 0 aromatic heterocycles. The first-order valence-corrected chi connectivity index (χ1v) is 9.79. The van der Waals surface area contributed by atoms with E-state index >= 15 is 0 Å². The van der Waals surface area contributed by atoms with Gasteiger partial charge in [-0.2, -0.15) is 0 Å². The van der Waals surface area contributed by atoms with E-state index in [1.54, 1.807) is 6.07 Å². The molecule has 0 bridgehead atoms. The first-order valence-electron chi connectivity index (χ1n) is 9.79. The summed E-state index contributed by atoms with van der Waals surface area (Å²) in [6.45, 7) is 0.308. The quantitative estimate of drug-likeness (QED) is 0.363.